The number of methoxy groups -OCH3 is 1. The Labute approximate surface area is 115 Å². The molecule has 4 aromatic rings. The van der Waals surface area contributed by atoms with E-state index in [1.54, 1.807) is 18.4 Å². The maximum atomic E-state index is 5.53. The SMILES string of the molecule is COc1cc2ccc3sccc3c2c2ccccc12. The highest BCUT2D eigenvalue weighted by Crippen LogP contribution is 2.38. The van der Waals surface area contributed by atoms with Crippen LogP contribution in [0.25, 0.3) is 31.6 Å². The summed E-state index contributed by atoms with van der Waals surface area (Å²) in [6.45, 7) is 0. The largest absolute Gasteiger partial charge is 0.496 e. The third kappa shape index (κ3) is 1.47. The van der Waals surface area contributed by atoms with Gasteiger partial charge in [0.15, 0.2) is 0 Å². The lowest BCUT2D eigenvalue weighted by atomic mass is 9.98. The zero-order chi connectivity index (χ0) is 12.8. The summed E-state index contributed by atoms with van der Waals surface area (Å²) in [7, 11) is 1.73. The van der Waals surface area contributed by atoms with Gasteiger partial charge in [-0.25, -0.2) is 0 Å². The van der Waals surface area contributed by atoms with E-state index >= 15 is 0 Å². The molecular weight excluding hydrogens is 252 g/mol. The Hall–Kier alpha value is -2.06. The summed E-state index contributed by atoms with van der Waals surface area (Å²) < 4.78 is 6.87. The van der Waals surface area contributed by atoms with Crippen LogP contribution in [0.4, 0.5) is 0 Å². The van der Waals surface area contributed by atoms with Crippen LogP contribution in [0, 0.1) is 0 Å². The molecule has 0 saturated carbocycles. The molecule has 0 N–H and O–H groups in total. The van der Waals surface area contributed by atoms with Crippen LogP contribution in [0.1, 0.15) is 0 Å². The first kappa shape index (κ1) is 10.8. The lowest BCUT2D eigenvalue weighted by Gasteiger charge is -2.10. The van der Waals surface area contributed by atoms with E-state index < -0.39 is 0 Å². The molecule has 0 amide bonds. The van der Waals surface area contributed by atoms with Crippen molar-refractivity contribution in [3.8, 4) is 5.75 Å². The number of ether oxygens (including phenoxy) is 1. The highest BCUT2D eigenvalue weighted by Gasteiger charge is 2.09. The van der Waals surface area contributed by atoms with Gasteiger partial charge in [0.1, 0.15) is 5.75 Å². The Kier molecular flexibility index (Phi) is 2.26. The Balaban J connectivity index is 2.35. The number of rotatable bonds is 1. The molecule has 1 aromatic heterocycles. The molecule has 1 heterocycles. The van der Waals surface area contributed by atoms with Gasteiger partial charge in [0.05, 0.1) is 7.11 Å². The van der Waals surface area contributed by atoms with Gasteiger partial charge in [-0.05, 0) is 39.7 Å². The second-order valence-corrected chi connectivity index (χ2v) is 5.57. The number of fused-ring (bicyclic) bond motifs is 5. The van der Waals surface area contributed by atoms with Crippen molar-refractivity contribution >= 4 is 43.0 Å². The molecule has 0 fully saturated rings. The van der Waals surface area contributed by atoms with Gasteiger partial charge < -0.3 is 4.74 Å². The Morgan fingerprint density at radius 2 is 1.74 bits per heavy atom. The minimum Gasteiger partial charge on any atom is -0.496 e. The van der Waals surface area contributed by atoms with Crippen LogP contribution in [0.3, 0.4) is 0 Å². The Bertz CT molecular complexity index is 905. The van der Waals surface area contributed by atoms with Crippen molar-refractivity contribution in [1.82, 2.24) is 0 Å². The molecule has 2 heteroatoms. The standard InChI is InChI=1S/C17H12OS/c1-18-15-10-11-6-7-16-14(8-9-19-16)17(11)13-5-3-2-4-12(13)15/h2-10H,1H3. The van der Waals surface area contributed by atoms with Crippen molar-refractivity contribution in [1.29, 1.82) is 0 Å². The minimum atomic E-state index is 0.942. The van der Waals surface area contributed by atoms with E-state index in [-0.39, 0.29) is 0 Å². The van der Waals surface area contributed by atoms with E-state index in [0.29, 0.717) is 0 Å². The average Bonchev–Trinajstić information content (AvgIpc) is 2.94. The molecule has 0 spiro atoms. The summed E-state index contributed by atoms with van der Waals surface area (Å²) >= 11 is 1.79. The van der Waals surface area contributed by atoms with Crippen molar-refractivity contribution in [2.45, 2.75) is 0 Å². The van der Waals surface area contributed by atoms with E-state index in [1.807, 2.05) is 0 Å². The van der Waals surface area contributed by atoms with Gasteiger partial charge in [-0.3, -0.25) is 0 Å². The lowest BCUT2D eigenvalue weighted by molar-refractivity contribution is 0.420. The molecule has 19 heavy (non-hydrogen) atoms. The summed E-state index contributed by atoms with van der Waals surface area (Å²) in [5, 5.41) is 8.50. The first-order valence-electron chi connectivity index (χ1n) is 6.24. The van der Waals surface area contributed by atoms with Crippen LogP contribution in [-0.4, -0.2) is 7.11 Å². The molecule has 0 aliphatic heterocycles. The minimum absolute atomic E-state index is 0.942. The highest BCUT2D eigenvalue weighted by molar-refractivity contribution is 7.17. The normalized spacial score (nSPS) is 11.4. The number of hydrogen-bond acceptors (Lipinski definition) is 2. The predicted molar refractivity (Wildman–Crippen MR) is 83.4 cm³/mol. The second-order valence-electron chi connectivity index (χ2n) is 4.62. The van der Waals surface area contributed by atoms with Crippen LogP contribution >= 0.6 is 11.3 Å². The van der Waals surface area contributed by atoms with Gasteiger partial charge in [0.2, 0.25) is 0 Å². The number of thiophene rings is 1. The summed E-state index contributed by atoms with van der Waals surface area (Å²) in [5.41, 5.74) is 0. The van der Waals surface area contributed by atoms with Gasteiger partial charge in [0, 0.05) is 15.5 Å². The van der Waals surface area contributed by atoms with Gasteiger partial charge in [0.25, 0.3) is 0 Å². The van der Waals surface area contributed by atoms with Crippen LogP contribution in [0.15, 0.2) is 53.9 Å². The molecule has 0 aliphatic carbocycles. The smallest absolute Gasteiger partial charge is 0.127 e. The zero-order valence-electron chi connectivity index (χ0n) is 10.5. The molecule has 0 atom stereocenters. The van der Waals surface area contributed by atoms with E-state index in [2.05, 4.69) is 53.9 Å². The van der Waals surface area contributed by atoms with Crippen molar-refractivity contribution in [2.75, 3.05) is 7.11 Å². The monoisotopic (exact) mass is 264 g/mol. The summed E-state index contributed by atoms with van der Waals surface area (Å²) in [6.07, 6.45) is 0. The fourth-order valence-electron chi connectivity index (χ4n) is 2.79. The lowest BCUT2D eigenvalue weighted by Crippen LogP contribution is -1.86. The number of hydrogen-bond donors (Lipinski definition) is 0. The van der Waals surface area contributed by atoms with E-state index in [4.69, 9.17) is 4.74 Å². The fraction of sp³-hybridized carbons (Fsp3) is 0.0588. The third-order valence-corrected chi connectivity index (χ3v) is 4.52. The van der Waals surface area contributed by atoms with Gasteiger partial charge >= 0.3 is 0 Å². The van der Waals surface area contributed by atoms with Crippen molar-refractivity contribution < 1.29 is 4.74 Å². The van der Waals surface area contributed by atoms with Crippen molar-refractivity contribution in [3.63, 3.8) is 0 Å². The number of benzene rings is 3. The van der Waals surface area contributed by atoms with Gasteiger partial charge in [-0.2, -0.15) is 0 Å². The van der Waals surface area contributed by atoms with Crippen LogP contribution in [-0.2, 0) is 0 Å². The topological polar surface area (TPSA) is 9.23 Å². The van der Waals surface area contributed by atoms with E-state index in [9.17, 15) is 0 Å². The van der Waals surface area contributed by atoms with Crippen LogP contribution < -0.4 is 4.74 Å². The molecular formula is C17H12OS. The summed E-state index contributed by atoms with van der Waals surface area (Å²) in [5.74, 6) is 0.942. The first-order valence-corrected chi connectivity index (χ1v) is 7.12. The van der Waals surface area contributed by atoms with Gasteiger partial charge in [-0.1, -0.05) is 30.3 Å². The molecule has 0 radical (unpaired) electrons. The Morgan fingerprint density at radius 1 is 0.895 bits per heavy atom. The first-order chi connectivity index (χ1) is 9.38. The molecule has 0 bridgehead atoms. The zero-order valence-corrected chi connectivity index (χ0v) is 11.3. The highest BCUT2D eigenvalue weighted by atomic mass is 32.1. The third-order valence-electron chi connectivity index (χ3n) is 3.64. The molecule has 1 nitrogen and oxygen atoms in total. The maximum Gasteiger partial charge on any atom is 0.127 e. The van der Waals surface area contributed by atoms with Gasteiger partial charge in [-0.15, -0.1) is 11.3 Å². The van der Waals surface area contributed by atoms with Crippen LogP contribution in [0.5, 0.6) is 5.75 Å². The molecule has 0 unspecified atom stereocenters. The molecule has 0 aliphatic rings. The second kappa shape index (κ2) is 3.97. The van der Waals surface area contributed by atoms with Crippen molar-refractivity contribution in [3.05, 3.63) is 53.9 Å². The molecule has 0 saturated heterocycles. The predicted octanol–water partition coefficient (Wildman–Crippen LogP) is 5.22. The fourth-order valence-corrected chi connectivity index (χ4v) is 3.58. The summed E-state index contributed by atoms with van der Waals surface area (Å²) in [6, 6.07) is 17.2. The average molecular weight is 264 g/mol. The van der Waals surface area contributed by atoms with E-state index in [0.717, 1.165) is 5.75 Å². The van der Waals surface area contributed by atoms with E-state index in [1.165, 1.54) is 31.6 Å². The molecule has 3 aromatic carbocycles. The molecule has 92 valence electrons. The quantitative estimate of drug-likeness (QED) is 0.428. The summed E-state index contributed by atoms with van der Waals surface area (Å²) in [4.78, 5) is 0. The van der Waals surface area contributed by atoms with Crippen molar-refractivity contribution in [2.24, 2.45) is 0 Å². The van der Waals surface area contributed by atoms with Crippen LogP contribution in [0.2, 0.25) is 0 Å². The Morgan fingerprint density at radius 3 is 2.58 bits per heavy atom. The maximum absolute atomic E-state index is 5.53. The molecule has 4 rings (SSSR count).